The van der Waals surface area contributed by atoms with Crippen LogP contribution in [0.2, 0.25) is 10.0 Å². The van der Waals surface area contributed by atoms with Crippen LogP contribution in [0, 0.1) is 12.7 Å². The lowest BCUT2D eigenvalue weighted by Gasteiger charge is -2.11. The molecule has 1 heterocycles. The summed E-state index contributed by atoms with van der Waals surface area (Å²) in [4.78, 5) is 12.8. The number of Topliss-reactive ketones (excluding diaryl/α,β-unsaturated/α-hetero) is 1. The smallest absolute Gasteiger partial charge is 0.232 e. The maximum Gasteiger partial charge on any atom is 0.232 e. The summed E-state index contributed by atoms with van der Waals surface area (Å²) < 4.78 is 25.4. The first kappa shape index (κ1) is 19.5. The Kier molecular flexibility index (Phi) is 5.31. The van der Waals surface area contributed by atoms with Crippen LogP contribution >= 0.6 is 23.2 Å². The molecule has 29 heavy (non-hydrogen) atoms. The van der Waals surface area contributed by atoms with Crippen molar-refractivity contribution in [1.29, 1.82) is 0 Å². The van der Waals surface area contributed by atoms with E-state index in [2.05, 4.69) is 0 Å². The first-order chi connectivity index (χ1) is 13.9. The van der Waals surface area contributed by atoms with Crippen LogP contribution in [0.4, 0.5) is 4.39 Å². The molecule has 4 rings (SSSR count). The van der Waals surface area contributed by atoms with Crippen molar-refractivity contribution in [2.75, 3.05) is 0 Å². The van der Waals surface area contributed by atoms with Crippen LogP contribution in [0.1, 0.15) is 27.0 Å². The van der Waals surface area contributed by atoms with E-state index in [9.17, 15) is 9.18 Å². The second kappa shape index (κ2) is 7.90. The third kappa shape index (κ3) is 4.00. The van der Waals surface area contributed by atoms with Crippen LogP contribution in [0.3, 0.4) is 0 Å². The summed E-state index contributed by atoms with van der Waals surface area (Å²) in [5.41, 5.74) is 2.22. The molecule has 0 radical (unpaired) electrons. The van der Waals surface area contributed by atoms with Crippen LogP contribution in [-0.4, -0.2) is 5.78 Å². The SMILES string of the molecule is Cc1cc(OCc2c(F)cccc2Cl)cc2c1C(=O)/C(=C/c1cccc(Cl)c1)O2. The highest BCUT2D eigenvalue weighted by Gasteiger charge is 2.30. The van der Waals surface area contributed by atoms with Crippen molar-refractivity contribution in [3.8, 4) is 11.5 Å². The zero-order chi connectivity index (χ0) is 20.5. The number of hydrogen-bond acceptors (Lipinski definition) is 3. The van der Waals surface area contributed by atoms with Gasteiger partial charge < -0.3 is 9.47 Å². The Morgan fingerprint density at radius 3 is 2.66 bits per heavy atom. The predicted molar refractivity (Wildman–Crippen MR) is 111 cm³/mol. The number of aryl methyl sites for hydroxylation is 1. The molecule has 0 aromatic heterocycles. The van der Waals surface area contributed by atoms with Crippen LogP contribution in [0.25, 0.3) is 6.08 Å². The summed E-state index contributed by atoms with van der Waals surface area (Å²) in [6, 6.07) is 14.9. The number of rotatable bonds is 4. The van der Waals surface area contributed by atoms with Crippen LogP contribution in [-0.2, 0) is 6.61 Å². The molecular weight excluding hydrogens is 414 g/mol. The van der Waals surface area contributed by atoms with Gasteiger partial charge in [-0.3, -0.25) is 4.79 Å². The minimum Gasteiger partial charge on any atom is -0.489 e. The Labute approximate surface area is 177 Å². The lowest BCUT2D eigenvalue weighted by molar-refractivity contribution is 0.101. The van der Waals surface area contributed by atoms with E-state index in [0.717, 1.165) is 5.56 Å². The number of benzene rings is 3. The number of allylic oxidation sites excluding steroid dienone is 1. The van der Waals surface area contributed by atoms with Gasteiger partial charge >= 0.3 is 0 Å². The van der Waals surface area contributed by atoms with Gasteiger partial charge in [0.05, 0.1) is 10.6 Å². The fourth-order valence-electron chi connectivity index (χ4n) is 3.13. The van der Waals surface area contributed by atoms with Crippen molar-refractivity contribution in [1.82, 2.24) is 0 Å². The van der Waals surface area contributed by atoms with Crippen molar-refractivity contribution < 1.29 is 18.7 Å². The third-order valence-electron chi connectivity index (χ3n) is 4.53. The number of carbonyl (C=O) groups is 1. The molecule has 6 heteroatoms. The first-order valence-electron chi connectivity index (χ1n) is 8.82. The molecule has 0 saturated heterocycles. The normalized spacial score (nSPS) is 14.1. The first-order valence-corrected chi connectivity index (χ1v) is 9.58. The zero-order valence-corrected chi connectivity index (χ0v) is 16.9. The standard InChI is InChI=1S/C23H15Cl2FO3/c1-13-8-16(28-12-17-18(25)6-3-7-19(17)26)11-20-22(13)23(27)21(29-20)10-14-4-2-5-15(24)9-14/h2-11H,12H2,1H3/b21-10-. The molecule has 3 nitrogen and oxygen atoms in total. The molecule has 0 amide bonds. The highest BCUT2D eigenvalue weighted by molar-refractivity contribution is 6.31. The minimum atomic E-state index is -0.437. The molecule has 3 aromatic rings. The van der Waals surface area contributed by atoms with Crippen molar-refractivity contribution in [2.24, 2.45) is 0 Å². The topological polar surface area (TPSA) is 35.5 Å². The predicted octanol–water partition coefficient (Wildman–Crippen LogP) is 6.64. The third-order valence-corrected chi connectivity index (χ3v) is 5.12. The Hall–Kier alpha value is -2.82. The summed E-state index contributed by atoms with van der Waals surface area (Å²) in [6.07, 6.45) is 1.65. The molecule has 0 spiro atoms. The molecule has 0 bridgehead atoms. The molecule has 3 aromatic carbocycles. The number of hydrogen-bond donors (Lipinski definition) is 0. The molecule has 146 valence electrons. The number of carbonyl (C=O) groups excluding carboxylic acids is 1. The number of ether oxygens (including phenoxy) is 2. The van der Waals surface area contributed by atoms with Crippen molar-refractivity contribution in [3.63, 3.8) is 0 Å². The zero-order valence-electron chi connectivity index (χ0n) is 15.3. The molecule has 0 N–H and O–H groups in total. The Morgan fingerprint density at radius 2 is 1.90 bits per heavy atom. The van der Waals surface area contributed by atoms with E-state index in [1.54, 1.807) is 49.4 Å². The van der Waals surface area contributed by atoms with Gasteiger partial charge in [-0.1, -0.05) is 41.4 Å². The Balaban J connectivity index is 1.59. The van der Waals surface area contributed by atoms with Gasteiger partial charge in [-0.15, -0.1) is 0 Å². The average Bonchev–Trinajstić information content (AvgIpc) is 2.97. The van der Waals surface area contributed by atoms with Gasteiger partial charge in [0.2, 0.25) is 5.78 Å². The van der Waals surface area contributed by atoms with E-state index < -0.39 is 5.82 Å². The second-order valence-electron chi connectivity index (χ2n) is 6.60. The monoisotopic (exact) mass is 428 g/mol. The van der Waals surface area contributed by atoms with E-state index in [0.29, 0.717) is 32.7 Å². The molecule has 0 saturated carbocycles. The van der Waals surface area contributed by atoms with E-state index in [-0.39, 0.29) is 23.7 Å². The summed E-state index contributed by atoms with van der Waals surface area (Å²) in [7, 11) is 0. The average molecular weight is 429 g/mol. The van der Waals surface area contributed by atoms with Crippen LogP contribution in [0.5, 0.6) is 11.5 Å². The van der Waals surface area contributed by atoms with Crippen molar-refractivity contribution in [3.05, 3.63) is 98.5 Å². The second-order valence-corrected chi connectivity index (χ2v) is 7.44. The number of fused-ring (bicyclic) bond motifs is 1. The highest BCUT2D eigenvalue weighted by atomic mass is 35.5. The molecule has 0 aliphatic carbocycles. The van der Waals surface area contributed by atoms with Crippen molar-refractivity contribution in [2.45, 2.75) is 13.5 Å². The van der Waals surface area contributed by atoms with Gasteiger partial charge in [-0.2, -0.15) is 0 Å². The Morgan fingerprint density at radius 1 is 1.10 bits per heavy atom. The fourth-order valence-corrected chi connectivity index (χ4v) is 3.55. The molecular formula is C23H15Cl2FO3. The van der Waals surface area contributed by atoms with E-state index in [1.165, 1.54) is 12.1 Å². The van der Waals surface area contributed by atoms with Crippen LogP contribution in [0.15, 0.2) is 60.4 Å². The quantitative estimate of drug-likeness (QED) is 0.437. The van der Waals surface area contributed by atoms with E-state index in [1.807, 2.05) is 6.07 Å². The lowest BCUT2D eigenvalue weighted by Crippen LogP contribution is -2.01. The summed E-state index contributed by atoms with van der Waals surface area (Å²) in [5, 5.41) is 0.863. The number of ketones is 1. The van der Waals surface area contributed by atoms with Gasteiger partial charge in [-0.05, 0) is 54.5 Å². The highest BCUT2D eigenvalue weighted by Crippen LogP contribution is 2.38. The van der Waals surface area contributed by atoms with E-state index >= 15 is 0 Å². The minimum absolute atomic E-state index is 0.0388. The van der Waals surface area contributed by atoms with Gasteiger partial charge in [-0.25, -0.2) is 4.39 Å². The maximum atomic E-state index is 13.9. The molecule has 0 unspecified atom stereocenters. The van der Waals surface area contributed by atoms with Gasteiger partial charge in [0.25, 0.3) is 0 Å². The number of halogens is 3. The Bertz CT molecular complexity index is 1130. The summed E-state index contributed by atoms with van der Waals surface area (Å²) in [6.45, 7) is 1.76. The molecule has 1 aliphatic heterocycles. The van der Waals surface area contributed by atoms with Crippen molar-refractivity contribution >= 4 is 35.1 Å². The maximum absolute atomic E-state index is 13.9. The van der Waals surface area contributed by atoms with Gasteiger partial charge in [0.15, 0.2) is 5.76 Å². The summed E-state index contributed by atoms with van der Waals surface area (Å²) >= 11 is 12.0. The fraction of sp³-hybridized carbons (Fsp3) is 0.0870. The largest absolute Gasteiger partial charge is 0.489 e. The molecule has 0 atom stereocenters. The van der Waals surface area contributed by atoms with Gasteiger partial charge in [0.1, 0.15) is 23.9 Å². The van der Waals surface area contributed by atoms with Gasteiger partial charge in [0, 0.05) is 16.7 Å². The molecule has 1 aliphatic rings. The van der Waals surface area contributed by atoms with E-state index in [4.69, 9.17) is 32.7 Å². The molecule has 0 fully saturated rings. The van der Waals surface area contributed by atoms with Crippen LogP contribution < -0.4 is 9.47 Å². The summed E-state index contributed by atoms with van der Waals surface area (Å²) in [5.74, 6) is 0.421. The lowest BCUT2D eigenvalue weighted by atomic mass is 10.0.